The summed E-state index contributed by atoms with van der Waals surface area (Å²) in [7, 11) is 0. The van der Waals surface area contributed by atoms with E-state index in [1.165, 1.54) is 0 Å². The van der Waals surface area contributed by atoms with Crippen molar-refractivity contribution in [2.24, 2.45) is 5.92 Å². The summed E-state index contributed by atoms with van der Waals surface area (Å²) in [6.07, 6.45) is 0.290. The van der Waals surface area contributed by atoms with Crippen LogP contribution in [0.15, 0.2) is 0 Å². The van der Waals surface area contributed by atoms with E-state index in [-0.39, 0.29) is 34.4 Å². The van der Waals surface area contributed by atoms with Gasteiger partial charge in [0.2, 0.25) is 12.1 Å². The van der Waals surface area contributed by atoms with Crippen LogP contribution in [-0.4, -0.2) is 45.8 Å². The number of hydrogen-bond acceptors (Lipinski definition) is 6. The SMILES string of the molecule is O=[N+]([O-])[C@@H]1CC[C@H]2[C@H]([N+](=O)[O-])[C@H]3O[C@]2(C1)[C@@H]1O[C@H]31. The molecule has 0 radical (unpaired) electrons. The van der Waals surface area contributed by atoms with E-state index < -0.39 is 23.8 Å². The van der Waals surface area contributed by atoms with Gasteiger partial charge in [-0.25, -0.2) is 0 Å². The van der Waals surface area contributed by atoms with Crippen LogP contribution in [0, 0.1) is 26.1 Å². The van der Waals surface area contributed by atoms with Crippen molar-refractivity contribution < 1.29 is 19.3 Å². The highest BCUT2D eigenvalue weighted by Crippen LogP contribution is 2.63. The molecule has 0 unspecified atom stereocenters. The number of fused-ring (bicyclic) bond motifs is 3. The molecule has 0 aromatic carbocycles. The molecule has 0 aromatic rings. The normalized spacial score (nSPS) is 55.8. The monoisotopic (exact) mass is 256 g/mol. The minimum atomic E-state index is -0.761. The van der Waals surface area contributed by atoms with E-state index in [0.29, 0.717) is 12.8 Å². The summed E-state index contributed by atoms with van der Waals surface area (Å²) in [6.45, 7) is 0. The van der Waals surface area contributed by atoms with Crippen molar-refractivity contribution in [1.82, 2.24) is 0 Å². The first kappa shape index (κ1) is 10.6. The van der Waals surface area contributed by atoms with Crippen molar-refractivity contribution in [3.05, 3.63) is 20.2 Å². The molecule has 0 amide bonds. The largest absolute Gasteiger partial charge is 0.363 e. The summed E-state index contributed by atoms with van der Waals surface area (Å²) < 4.78 is 11.3. The summed E-state index contributed by atoms with van der Waals surface area (Å²) >= 11 is 0. The molecule has 0 aromatic heterocycles. The Labute approximate surface area is 102 Å². The predicted octanol–water partition coefficient (Wildman–Crippen LogP) is -0.00430. The number of hydrogen-bond donors (Lipinski definition) is 0. The Balaban J connectivity index is 1.70. The van der Waals surface area contributed by atoms with Crippen molar-refractivity contribution in [2.75, 3.05) is 0 Å². The first-order chi connectivity index (χ1) is 8.54. The fourth-order valence-corrected chi connectivity index (χ4v) is 4.25. The molecule has 1 saturated carbocycles. The van der Waals surface area contributed by atoms with Crippen LogP contribution in [0.3, 0.4) is 0 Å². The fourth-order valence-electron chi connectivity index (χ4n) is 4.25. The average Bonchev–Trinajstić information content (AvgIpc) is 2.99. The van der Waals surface area contributed by atoms with E-state index in [2.05, 4.69) is 0 Å². The van der Waals surface area contributed by atoms with Crippen molar-refractivity contribution in [2.45, 2.75) is 55.3 Å². The predicted molar refractivity (Wildman–Crippen MR) is 55.2 cm³/mol. The second-order valence-corrected chi connectivity index (χ2v) is 5.66. The fraction of sp³-hybridized carbons (Fsp3) is 1.00. The maximum absolute atomic E-state index is 11.2. The molecule has 3 heterocycles. The number of rotatable bonds is 2. The van der Waals surface area contributed by atoms with Crippen molar-refractivity contribution in [3.63, 3.8) is 0 Å². The maximum Gasteiger partial charge on any atom is 0.247 e. The molecule has 8 nitrogen and oxygen atoms in total. The third kappa shape index (κ3) is 1.04. The highest BCUT2D eigenvalue weighted by Gasteiger charge is 2.82. The third-order valence-corrected chi connectivity index (χ3v) is 4.97. The van der Waals surface area contributed by atoms with Crippen LogP contribution >= 0.6 is 0 Å². The Morgan fingerprint density at radius 3 is 2.56 bits per heavy atom. The van der Waals surface area contributed by atoms with Gasteiger partial charge < -0.3 is 9.47 Å². The number of nitro groups is 2. The Hall–Kier alpha value is -1.28. The topological polar surface area (TPSA) is 108 Å². The van der Waals surface area contributed by atoms with Gasteiger partial charge in [-0.1, -0.05) is 0 Å². The van der Waals surface area contributed by atoms with Gasteiger partial charge in [-0.3, -0.25) is 20.2 Å². The molecular weight excluding hydrogens is 244 g/mol. The lowest BCUT2D eigenvalue weighted by atomic mass is 9.66. The Kier molecular flexibility index (Phi) is 1.77. The van der Waals surface area contributed by atoms with Gasteiger partial charge in [-0.15, -0.1) is 0 Å². The Morgan fingerprint density at radius 1 is 1.11 bits per heavy atom. The molecule has 4 fully saturated rings. The van der Waals surface area contributed by atoms with Gasteiger partial charge in [0.1, 0.15) is 17.8 Å². The first-order valence-electron chi connectivity index (χ1n) is 6.15. The van der Waals surface area contributed by atoms with Gasteiger partial charge >= 0.3 is 0 Å². The lowest BCUT2D eigenvalue weighted by molar-refractivity contribution is -0.544. The highest BCUT2D eigenvalue weighted by molar-refractivity contribution is 5.25. The zero-order chi connectivity index (χ0) is 12.7. The Morgan fingerprint density at radius 2 is 1.89 bits per heavy atom. The molecule has 4 aliphatic rings. The van der Waals surface area contributed by atoms with E-state index in [0.717, 1.165) is 0 Å². The van der Waals surface area contributed by atoms with Gasteiger partial charge in [0.15, 0.2) is 6.10 Å². The number of nitrogens with zero attached hydrogens (tertiary/aromatic N) is 2. The number of epoxide rings is 1. The van der Waals surface area contributed by atoms with E-state index in [1.54, 1.807) is 0 Å². The minimum Gasteiger partial charge on any atom is -0.363 e. The lowest BCUT2D eigenvalue weighted by Gasteiger charge is -2.36. The quantitative estimate of drug-likeness (QED) is 0.390. The van der Waals surface area contributed by atoms with Crippen LogP contribution in [0.4, 0.5) is 0 Å². The van der Waals surface area contributed by atoms with E-state index in [4.69, 9.17) is 9.47 Å². The summed E-state index contributed by atoms with van der Waals surface area (Å²) in [6, 6.07) is -1.41. The van der Waals surface area contributed by atoms with Crippen molar-refractivity contribution in [1.29, 1.82) is 0 Å². The molecule has 98 valence electrons. The van der Waals surface area contributed by atoms with E-state index >= 15 is 0 Å². The first-order valence-corrected chi connectivity index (χ1v) is 6.15. The molecule has 1 spiro atoms. The van der Waals surface area contributed by atoms with Crippen LogP contribution in [0.1, 0.15) is 19.3 Å². The smallest absolute Gasteiger partial charge is 0.247 e. The summed E-state index contributed by atoms with van der Waals surface area (Å²) in [5.74, 6) is -0.225. The summed E-state index contributed by atoms with van der Waals surface area (Å²) in [5, 5.41) is 22.1. The molecule has 18 heavy (non-hydrogen) atoms. The third-order valence-electron chi connectivity index (χ3n) is 4.97. The summed E-state index contributed by atoms with van der Waals surface area (Å²) in [5.41, 5.74) is -0.761. The molecule has 3 saturated heterocycles. The van der Waals surface area contributed by atoms with Gasteiger partial charge in [0.05, 0.1) is 5.92 Å². The van der Waals surface area contributed by atoms with E-state index in [1.807, 2.05) is 0 Å². The summed E-state index contributed by atoms with van der Waals surface area (Å²) in [4.78, 5) is 21.5. The molecule has 4 rings (SSSR count). The van der Waals surface area contributed by atoms with Crippen LogP contribution in [0.5, 0.6) is 0 Å². The van der Waals surface area contributed by atoms with Crippen LogP contribution in [0.2, 0.25) is 0 Å². The molecule has 0 N–H and O–H groups in total. The zero-order valence-electron chi connectivity index (χ0n) is 9.43. The second kappa shape index (κ2) is 3.00. The van der Waals surface area contributed by atoms with E-state index in [9.17, 15) is 20.2 Å². The second-order valence-electron chi connectivity index (χ2n) is 5.66. The molecule has 8 heteroatoms. The standard InChI is InChI=1S/C10H12N2O6/c13-11(14)4-1-2-5-6(12(15)16)7-8-9(17-8)10(5,3-4)18-7/h4-9H,1-3H2/t4-,5+,6+,7-,8-,9-,10+/m1/s1. The van der Waals surface area contributed by atoms with Gasteiger partial charge in [0, 0.05) is 22.7 Å². The minimum absolute atomic E-state index is 0.147. The van der Waals surface area contributed by atoms with Crippen LogP contribution < -0.4 is 0 Å². The van der Waals surface area contributed by atoms with Gasteiger partial charge in [-0.2, -0.15) is 0 Å². The molecular formula is C10H12N2O6. The number of ether oxygens (including phenoxy) is 2. The lowest BCUT2D eigenvalue weighted by Crippen LogP contribution is -2.54. The zero-order valence-corrected chi connectivity index (χ0v) is 9.43. The molecule has 3 aliphatic heterocycles. The molecule has 7 atom stereocenters. The van der Waals surface area contributed by atoms with Crippen molar-refractivity contribution >= 4 is 0 Å². The Bertz CT molecular complexity index is 456. The van der Waals surface area contributed by atoms with Crippen LogP contribution in [-0.2, 0) is 9.47 Å². The van der Waals surface area contributed by atoms with Crippen molar-refractivity contribution in [3.8, 4) is 0 Å². The van der Waals surface area contributed by atoms with Gasteiger partial charge in [0.25, 0.3) is 0 Å². The average molecular weight is 256 g/mol. The highest BCUT2D eigenvalue weighted by atomic mass is 16.7. The molecule has 1 aliphatic carbocycles. The molecule has 2 bridgehead atoms. The maximum atomic E-state index is 11.2. The van der Waals surface area contributed by atoms with Crippen LogP contribution in [0.25, 0.3) is 0 Å². The van der Waals surface area contributed by atoms with Gasteiger partial charge in [-0.05, 0) is 6.42 Å².